The average Bonchev–Trinajstić information content (AvgIpc) is 2.88. The second-order valence-corrected chi connectivity index (χ2v) is 5.25. The highest BCUT2D eigenvalue weighted by Crippen LogP contribution is 2.23. The van der Waals surface area contributed by atoms with Crippen LogP contribution in [0.4, 0.5) is 5.69 Å². The van der Waals surface area contributed by atoms with Crippen LogP contribution in [-0.2, 0) is 6.61 Å². The van der Waals surface area contributed by atoms with E-state index in [2.05, 4.69) is 16.4 Å². The minimum atomic E-state index is 0.512. The van der Waals surface area contributed by atoms with E-state index in [-0.39, 0.29) is 0 Å². The van der Waals surface area contributed by atoms with Gasteiger partial charge in [0.1, 0.15) is 17.4 Å². The van der Waals surface area contributed by atoms with Crippen LogP contribution in [0.1, 0.15) is 5.01 Å². The van der Waals surface area contributed by atoms with Crippen LogP contribution in [0.15, 0.2) is 48.5 Å². The lowest BCUT2D eigenvalue weighted by Gasteiger charge is -2.05. The highest BCUT2D eigenvalue weighted by Gasteiger charge is 2.03. The number of anilines is 1. The maximum Gasteiger partial charge on any atom is 0.140 e. The van der Waals surface area contributed by atoms with Gasteiger partial charge in [-0.15, -0.1) is 11.3 Å². The van der Waals surface area contributed by atoms with Crippen LogP contribution in [0.25, 0.3) is 10.2 Å². The van der Waals surface area contributed by atoms with Crippen molar-refractivity contribution in [1.82, 2.24) is 4.98 Å². The summed E-state index contributed by atoms with van der Waals surface area (Å²) in [6, 6.07) is 16.0. The number of rotatable bonds is 4. The molecule has 0 saturated heterocycles. The first-order valence-electron chi connectivity index (χ1n) is 6.10. The molecule has 0 radical (unpaired) electrons. The molecular formula is C15H14N2OS. The molecule has 3 rings (SSSR count). The Balaban J connectivity index is 1.70. The highest BCUT2D eigenvalue weighted by atomic mass is 32.1. The van der Waals surface area contributed by atoms with E-state index in [4.69, 9.17) is 4.74 Å². The zero-order chi connectivity index (χ0) is 13.1. The molecule has 0 aliphatic rings. The third kappa shape index (κ3) is 2.69. The van der Waals surface area contributed by atoms with Gasteiger partial charge in [-0.3, -0.25) is 0 Å². The molecular weight excluding hydrogens is 256 g/mol. The Hall–Kier alpha value is -2.07. The fourth-order valence-corrected chi connectivity index (χ4v) is 2.73. The molecule has 1 aromatic heterocycles. The van der Waals surface area contributed by atoms with E-state index in [0.717, 1.165) is 22.0 Å². The van der Waals surface area contributed by atoms with Gasteiger partial charge in [0.05, 0.1) is 10.2 Å². The quantitative estimate of drug-likeness (QED) is 0.780. The molecule has 0 unspecified atom stereocenters. The van der Waals surface area contributed by atoms with Crippen LogP contribution < -0.4 is 10.1 Å². The fraction of sp³-hybridized carbons (Fsp3) is 0.133. The lowest BCUT2D eigenvalue weighted by atomic mass is 10.3. The van der Waals surface area contributed by atoms with Gasteiger partial charge in [-0.2, -0.15) is 0 Å². The zero-order valence-corrected chi connectivity index (χ0v) is 11.4. The van der Waals surface area contributed by atoms with Crippen LogP contribution in [0.2, 0.25) is 0 Å². The van der Waals surface area contributed by atoms with Gasteiger partial charge in [-0.1, -0.05) is 12.1 Å². The van der Waals surface area contributed by atoms with Gasteiger partial charge in [-0.05, 0) is 36.4 Å². The van der Waals surface area contributed by atoms with Crippen molar-refractivity contribution >= 4 is 27.2 Å². The number of nitrogens with one attached hydrogen (secondary N) is 1. The highest BCUT2D eigenvalue weighted by molar-refractivity contribution is 7.18. The minimum Gasteiger partial charge on any atom is -0.486 e. The lowest BCUT2D eigenvalue weighted by Crippen LogP contribution is -1.95. The van der Waals surface area contributed by atoms with Crippen molar-refractivity contribution in [2.75, 3.05) is 12.4 Å². The summed E-state index contributed by atoms with van der Waals surface area (Å²) in [5, 5.41) is 4.08. The first-order valence-corrected chi connectivity index (χ1v) is 6.92. The van der Waals surface area contributed by atoms with Crippen molar-refractivity contribution in [2.24, 2.45) is 0 Å². The Morgan fingerprint density at radius 1 is 1.11 bits per heavy atom. The number of ether oxygens (including phenoxy) is 1. The minimum absolute atomic E-state index is 0.512. The zero-order valence-electron chi connectivity index (χ0n) is 10.6. The lowest BCUT2D eigenvalue weighted by molar-refractivity contribution is 0.306. The van der Waals surface area contributed by atoms with Gasteiger partial charge < -0.3 is 10.1 Å². The molecule has 0 amide bonds. The first-order chi connectivity index (χ1) is 9.35. The maximum absolute atomic E-state index is 5.74. The summed E-state index contributed by atoms with van der Waals surface area (Å²) >= 11 is 1.68. The predicted molar refractivity (Wildman–Crippen MR) is 79.9 cm³/mol. The summed E-state index contributed by atoms with van der Waals surface area (Å²) in [6.07, 6.45) is 0. The van der Waals surface area contributed by atoms with Crippen LogP contribution in [0.3, 0.4) is 0 Å². The van der Waals surface area contributed by atoms with Crippen LogP contribution in [0.5, 0.6) is 5.75 Å². The molecule has 4 heteroatoms. The monoisotopic (exact) mass is 270 g/mol. The molecule has 0 aliphatic carbocycles. The first kappa shape index (κ1) is 12.0. The second kappa shape index (κ2) is 5.28. The molecule has 3 aromatic rings. The third-order valence-electron chi connectivity index (χ3n) is 2.84. The summed E-state index contributed by atoms with van der Waals surface area (Å²) in [7, 11) is 1.90. The molecule has 3 nitrogen and oxygen atoms in total. The van der Waals surface area contributed by atoms with Crippen molar-refractivity contribution in [1.29, 1.82) is 0 Å². The number of hydrogen-bond acceptors (Lipinski definition) is 4. The van der Waals surface area contributed by atoms with Gasteiger partial charge in [-0.25, -0.2) is 4.98 Å². The van der Waals surface area contributed by atoms with Crippen molar-refractivity contribution in [3.8, 4) is 5.75 Å². The van der Waals surface area contributed by atoms with Gasteiger partial charge in [0.15, 0.2) is 0 Å². The van der Waals surface area contributed by atoms with E-state index in [9.17, 15) is 0 Å². The van der Waals surface area contributed by atoms with Gasteiger partial charge in [0.2, 0.25) is 0 Å². The standard InChI is InChI=1S/C15H14N2OS/c1-16-11-6-8-12(9-7-11)18-10-15-17-13-4-2-3-5-14(13)19-15/h2-9,16H,10H2,1H3. The van der Waals surface area contributed by atoms with E-state index in [0.29, 0.717) is 6.61 Å². The number of hydrogen-bond donors (Lipinski definition) is 1. The van der Waals surface area contributed by atoms with E-state index in [1.807, 2.05) is 49.5 Å². The number of aromatic nitrogens is 1. The molecule has 0 bridgehead atoms. The number of nitrogens with zero attached hydrogens (tertiary/aromatic N) is 1. The van der Waals surface area contributed by atoms with Crippen molar-refractivity contribution in [3.05, 3.63) is 53.5 Å². The molecule has 0 saturated carbocycles. The average molecular weight is 270 g/mol. The maximum atomic E-state index is 5.74. The van der Waals surface area contributed by atoms with Gasteiger partial charge in [0, 0.05) is 12.7 Å². The van der Waals surface area contributed by atoms with E-state index < -0.39 is 0 Å². The summed E-state index contributed by atoms with van der Waals surface area (Å²) in [4.78, 5) is 4.54. The molecule has 1 N–H and O–H groups in total. The van der Waals surface area contributed by atoms with Crippen molar-refractivity contribution in [2.45, 2.75) is 6.61 Å². The molecule has 0 spiro atoms. The Morgan fingerprint density at radius 3 is 2.63 bits per heavy atom. The molecule has 0 aliphatic heterocycles. The molecule has 96 valence electrons. The summed E-state index contributed by atoms with van der Waals surface area (Å²) < 4.78 is 6.94. The number of thiazole rings is 1. The number of benzene rings is 2. The largest absolute Gasteiger partial charge is 0.486 e. The summed E-state index contributed by atoms with van der Waals surface area (Å²) in [5.41, 5.74) is 2.11. The molecule has 2 aromatic carbocycles. The third-order valence-corrected chi connectivity index (χ3v) is 3.85. The van der Waals surface area contributed by atoms with Gasteiger partial charge >= 0.3 is 0 Å². The topological polar surface area (TPSA) is 34.1 Å². The molecule has 19 heavy (non-hydrogen) atoms. The van der Waals surface area contributed by atoms with Crippen molar-refractivity contribution in [3.63, 3.8) is 0 Å². The second-order valence-electron chi connectivity index (χ2n) is 4.14. The van der Waals surface area contributed by atoms with E-state index >= 15 is 0 Å². The normalized spacial score (nSPS) is 10.6. The Kier molecular flexibility index (Phi) is 3.33. The summed E-state index contributed by atoms with van der Waals surface area (Å²) in [6.45, 7) is 0.512. The van der Waals surface area contributed by atoms with Crippen LogP contribution in [0, 0.1) is 0 Å². The fourth-order valence-electron chi connectivity index (χ4n) is 1.84. The van der Waals surface area contributed by atoms with Crippen molar-refractivity contribution < 1.29 is 4.74 Å². The summed E-state index contributed by atoms with van der Waals surface area (Å²) in [5.74, 6) is 0.859. The Morgan fingerprint density at radius 2 is 1.89 bits per heavy atom. The predicted octanol–water partition coefficient (Wildman–Crippen LogP) is 3.92. The Bertz CT molecular complexity index is 643. The molecule has 0 fully saturated rings. The van der Waals surface area contributed by atoms with Crippen LogP contribution in [-0.4, -0.2) is 12.0 Å². The van der Waals surface area contributed by atoms with E-state index in [1.165, 1.54) is 4.70 Å². The smallest absolute Gasteiger partial charge is 0.140 e. The Labute approximate surface area is 115 Å². The molecule has 0 atom stereocenters. The number of fused-ring (bicyclic) bond motifs is 1. The van der Waals surface area contributed by atoms with E-state index in [1.54, 1.807) is 11.3 Å². The van der Waals surface area contributed by atoms with Crippen LogP contribution >= 0.6 is 11.3 Å². The van der Waals surface area contributed by atoms with Gasteiger partial charge in [0.25, 0.3) is 0 Å². The number of para-hydroxylation sites is 1. The SMILES string of the molecule is CNc1ccc(OCc2nc3ccccc3s2)cc1. The molecule has 1 heterocycles.